The highest BCUT2D eigenvalue weighted by Crippen LogP contribution is 2.38. The van der Waals surface area contributed by atoms with E-state index in [-0.39, 0.29) is 28.2 Å². The molecule has 4 rings (SSSR count). The molecule has 0 radical (unpaired) electrons. The molecule has 1 fully saturated rings. The summed E-state index contributed by atoms with van der Waals surface area (Å²) >= 11 is 0. The van der Waals surface area contributed by atoms with Crippen LogP contribution in [0.1, 0.15) is 38.3 Å². The monoisotopic (exact) mass is 503 g/mol. The maximum Gasteiger partial charge on any atom is 0.299 e. The van der Waals surface area contributed by atoms with E-state index in [1.165, 1.54) is 19.1 Å². The first-order valence-corrected chi connectivity index (χ1v) is 12.7. The molecule has 1 aliphatic heterocycles. The van der Waals surface area contributed by atoms with Gasteiger partial charge in [-0.25, -0.2) is 8.57 Å². The maximum absolute atomic E-state index is 15.0. The fourth-order valence-electron chi connectivity index (χ4n) is 4.50. The Labute approximate surface area is 204 Å². The van der Waals surface area contributed by atoms with Gasteiger partial charge < -0.3 is 19.8 Å². The second-order valence-corrected chi connectivity index (χ2v) is 11.1. The van der Waals surface area contributed by atoms with Crippen LogP contribution in [0.4, 0.5) is 10.4 Å². The molecule has 2 atom stereocenters. The minimum absolute atomic E-state index is 0.0690. The minimum atomic E-state index is -4.35. The molecule has 2 aromatic carbocycles. The van der Waals surface area contributed by atoms with Gasteiger partial charge in [-0.3, -0.25) is 0 Å². The molecule has 0 saturated carbocycles. The number of halogens is 1. The Morgan fingerprint density at radius 1 is 1.37 bits per heavy atom. The van der Waals surface area contributed by atoms with Crippen molar-refractivity contribution in [2.75, 3.05) is 11.4 Å². The highest BCUT2D eigenvalue weighted by atomic mass is 32.2. The van der Waals surface area contributed by atoms with Gasteiger partial charge in [0.05, 0.1) is 0 Å². The summed E-state index contributed by atoms with van der Waals surface area (Å²) < 4.78 is 57.0. The molecular weight excluding hydrogens is 473 g/mol. The Hall–Kier alpha value is -2.95. The van der Waals surface area contributed by atoms with E-state index >= 15 is 0 Å². The number of aromatic nitrogens is 1. The van der Waals surface area contributed by atoms with E-state index in [2.05, 4.69) is 37.2 Å². The number of anilines is 1. The molecule has 2 heterocycles. The molecule has 10 heteroatoms. The molecule has 188 valence electrons. The summed E-state index contributed by atoms with van der Waals surface area (Å²) in [6.07, 6.45) is 0.905. The van der Waals surface area contributed by atoms with Crippen LogP contribution in [-0.2, 0) is 20.9 Å². The van der Waals surface area contributed by atoms with Gasteiger partial charge in [0, 0.05) is 23.7 Å². The van der Waals surface area contributed by atoms with E-state index in [1.54, 1.807) is 18.2 Å². The van der Waals surface area contributed by atoms with Gasteiger partial charge in [0.1, 0.15) is 34.8 Å². The first kappa shape index (κ1) is 25.2. The number of hydrogen-bond acceptors (Lipinski definition) is 8. The number of hydrogen-bond donors (Lipinski definition) is 1. The summed E-state index contributed by atoms with van der Waals surface area (Å²) in [6.45, 7) is 12.0. The van der Waals surface area contributed by atoms with Crippen LogP contribution in [0.5, 0.6) is 5.75 Å². The van der Waals surface area contributed by atoms with E-state index in [0.717, 1.165) is 19.0 Å². The van der Waals surface area contributed by atoms with Crippen molar-refractivity contribution in [1.82, 2.24) is 4.98 Å². The van der Waals surface area contributed by atoms with E-state index < -0.39 is 22.2 Å². The molecule has 3 aromatic rings. The molecule has 0 aliphatic carbocycles. The second kappa shape index (κ2) is 9.25. The van der Waals surface area contributed by atoms with Gasteiger partial charge in [-0.05, 0) is 62.9 Å². The van der Waals surface area contributed by atoms with Gasteiger partial charge >= 0.3 is 0 Å². The largest absolute Gasteiger partial charge is 0.489 e. The third kappa shape index (κ3) is 5.05. The summed E-state index contributed by atoms with van der Waals surface area (Å²) in [6, 6.07) is 8.26. The Bertz CT molecular complexity index is 1370. The summed E-state index contributed by atoms with van der Waals surface area (Å²) in [5.41, 5.74) is 6.77. The maximum atomic E-state index is 15.0. The molecular formula is C25H30FN3O5S. The Morgan fingerprint density at radius 2 is 2.11 bits per heavy atom. The van der Waals surface area contributed by atoms with Crippen molar-refractivity contribution in [2.24, 2.45) is 11.7 Å². The quantitative estimate of drug-likeness (QED) is 0.269. The number of aryl methyl sites for hydroxylation is 1. The van der Waals surface area contributed by atoms with Crippen LogP contribution >= 0.6 is 0 Å². The lowest BCUT2D eigenvalue weighted by atomic mass is 9.98. The summed E-state index contributed by atoms with van der Waals surface area (Å²) in [4.78, 5) is 6.42. The topological polar surface area (TPSA) is 108 Å². The minimum Gasteiger partial charge on any atom is -0.489 e. The number of nitrogens with two attached hydrogens (primary N) is 1. The van der Waals surface area contributed by atoms with Gasteiger partial charge in [0.2, 0.25) is 0 Å². The van der Waals surface area contributed by atoms with Crippen LogP contribution in [0.2, 0.25) is 0 Å². The third-order valence-corrected chi connectivity index (χ3v) is 7.57. The standard InChI is InChI=1S/C25H30FN3O5S/c1-6-22(27)34-35(30,31)21-10-7-16(3)23(26)18(21)14-32-17-8-9-19-20(11-17)33-24(28-19)29-13-15(2)12-25(29,4)5/h6-11,15,22H,1,12-14,27H2,2-5H3. The predicted octanol–water partition coefficient (Wildman–Crippen LogP) is 4.66. The molecule has 2 unspecified atom stereocenters. The summed E-state index contributed by atoms with van der Waals surface area (Å²) in [7, 11) is -4.35. The number of nitrogens with zero attached hydrogens (tertiary/aromatic N) is 2. The highest BCUT2D eigenvalue weighted by Gasteiger charge is 2.39. The Balaban J connectivity index is 1.60. The number of benzene rings is 2. The van der Waals surface area contributed by atoms with Gasteiger partial charge in [-0.1, -0.05) is 19.6 Å². The van der Waals surface area contributed by atoms with Crippen molar-refractivity contribution in [1.29, 1.82) is 0 Å². The van der Waals surface area contributed by atoms with Crippen molar-refractivity contribution < 1.29 is 26.1 Å². The van der Waals surface area contributed by atoms with E-state index in [9.17, 15) is 12.8 Å². The zero-order valence-corrected chi connectivity index (χ0v) is 21.1. The average molecular weight is 504 g/mol. The fourth-order valence-corrected chi connectivity index (χ4v) is 5.66. The normalized spacial score (nSPS) is 18.7. The summed E-state index contributed by atoms with van der Waals surface area (Å²) in [5, 5.41) is 0. The van der Waals surface area contributed by atoms with Crippen LogP contribution < -0.4 is 15.4 Å². The van der Waals surface area contributed by atoms with Crippen molar-refractivity contribution >= 4 is 27.2 Å². The lowest BCUT2D eigenvalue weighted by molar-refractivity contribution is 0.260. The second-order valence-electron chi connectivity index (χ2n) is 9.57. The van der Waals surface area contributed by atoms with Gasteiger partial charge in [0.25, 0.3) is 16.1 Å². The molecule has 8 nitrogen and oxygen atoms in total. The molecule has 0 amide bonds. The SMILES string of the molecule is C=CC(N)OS(=O)(=O)c1ccc(C)c(F)c1COc1ccc2nc(N3CC(C)CC3(C)C)oc2c1. The van der Waals surface area contributed by atoms with Crippen molar-refractivity contribution in [2.45, 2.75) is 57.4 Å². The summed E-state index contributed by atoms with van der Waals surface area (Å²) in [5.74, 6) is 0.205. The molecule has 2 N–H and O–H groups in total. The van der Waals surface area contributed by atoms with Crippen LogP contribution in [0, 0.1) is 18.7 Å². The van der Waals surface area contributed by atoms with Crippen LogP contribution in [-0.4, -0.2) is 31.7 Å². The average Bonchev–Trinajstić information content (AvgIpc) is 3.32. The molecule has 1 aromatic heterocycles. The number of oxazole rings is 1. The molecule has 1 aliphatic rings. The number of ether oxygens (including phenoxy) is 1. The van der Waals surface area contributed by atoms with Crippen molar-refractivity contribution in [3.05, 3.63) is 59.9 Å². The van der Waals surface area contributed by atoms with Gasteiger partial charge in [-0.2, -0.15) is 13.4 Å². The fraction of sp³-hybridized carbons (Fsp3) is 0.400. The Morgan fingerprint density at radius 3 is 2.77 bits per heavy atom. The first-order chi connectivity index (χ1) is 16.4. The third-order valence-electron chi connectivity index (χ3n) is 6.17. The smallest absolute Gasteiger partial charge is 0.299 e. The molecule has 0 spiro atoms. The predicted molar refractivity (Wildman–Crippen MR) is 131 cm³/mol. The zero-order valence-electron chi connectivity index (χ0n) is 20.2. The highest BCUT2D eigenvalue weighted by molar-refractivity contribution is 7.86. The lowest BCUT2D eigenvalue weighted by Gasteiger charge is -2.29. The van der Waals surface area contributed by atoms with Gasteiger partial charge in [-0.15, -0.1) is 0 Å². The van der Waals surface area contributed by atoms with Crippen molar-refractivity contribution in [3.63, 3.8) is 0 Å². The number of rotatable bonds is 8. The zero-order chi connectivity index (χ0) is 25.5. The molecule has 35 heavy (non-hydrogen) atoms. The lowest BCUT2D eigenvalue weighted by Crippen LogP contribution is -2.38. The van der Waals surface area contributed by atoms with Gasteiger partial charge in [0.15, 0.2) is 5.58 Å². The van der Waals surface area contributed by atoms with Crippen LogP contribution in [0.25, 0.3) is 11.1 Å². The van der Waals surface area contributed by atoms with Crippen LogP contribution in [0.15, 0.2) is 52.3 Å². The first-order valence-electron chi connectivity index (χ1n) is 11.3. The molecule has 0 bridgehead atoms. The van der Waals surface area contributed by atoms with Crippen molar-refractivity contribution in [3.8, 4) is 5.75 Å². The van der Waals surface area contributed by atoms with Crippen LogP contribution in [0.3, 0.4) is 0 Å². The van der Waals surface area contributed by atoms with E-state index in [4.69, 9.17) is 19.1 Å². The Kier molecular flexibility index (Phi) is 6.65. The van der Waals surface area contributed by atoms with E-state index in [0.29, 0.717) is 28.8 Å². The number of fused-ring (bicyclic) bond motifs is 1. The molecule has 1 saturated heterocycles. The van der Waals surface area contributed by atoms with E-state index in [1.807, 2.05) is 0 Å².